The van der Waals surface area contributed by atoms with Gasteiger partial charge in [0.2, 0.25) is 0 Å². The molecule has 4 saturated heterocycles. The summed E-state index contributed by atoms with van der Waals surface area (Å²) in [7, 11) is -2.85. The lowest BCUT2D eigenvalue weighted by Crippen LogP contribution is -2.45. The molecule has 0 amide bonds. The summed E-state index contributed by atoms with van der Waals surface area (Å²) >= 11 is 0. The maximum atomic E-state index is 11.7. The number of hydrogen-bond donors (Lipinski definition) is 1. The molecule has 162 valence electrons. The normalized spacial score (nSPS) is 31.9. The van der Waals surface area contributed by atoms with E-state index in [9.17, 15) is 8.42 Å². The van der Waals surface area contributed by atoms with Gasteiger partial charge in [-0.1, -0.05) is 0 Å². The molecule has 2 atom stereocenters. The highest BCUT2D eigenvalue weighted by Crippen LogP contribution is 2.39. The summed E-state index contributed by atoms with van der Waals surface area (Å²) in [6.07, 6.45) is 6.68. The van der Waals surface area contributed by atoms with Gasteiger partial charge in [-0.05, 0) is 49.9 Å². The first-order valence-electron chi connectivity index (χ1n) is 10.5. The molecule has 0 aromatic heterocycles. The lowest BCUT2D eigenvalue weighted by molar-refractivity contribution is 0.0217. The van der Waals surface area contributed by atoms with Crippen LogP contribution in [0.1, 0.15) is 38.5 Å². The number of likely N-dealkylation sites (tertiary alicyclic amines) is 1. The van der Waals surface area contributed by atoms with Crippen molar-refractivity contribution in [2.45, 2.75) is 44.6 Å². The Morgan fingerprint density at radius 1 is 1.18 bits per heavy atom. The zero-order valence-electron chi connectivity index (χ0n) is 16.6. The topological polar surface area (TPSA) is 80.2 Å². The average Bonchev–Trinajstić information content (AvgIpc) is 3.37. The van der Waals surface area contributed by atoms with Gasteiger partial charge in [0.25, 0.3) is 0 Å². The molecule has 0 saturated carbocycles. The first-order chi connectivity index (χ1) is 13.0. The third kappa shape index (κ3) is 5.72. The number of nitrogens with one attached hydrogen (secondary N) is 1. The maximum absolute atomic E-state index is 11.7. The van der Waals surface area contributed by atoms with E-state index < -0.39 is 9.84 Å². The van der Waals surface area contributed by atoms with Crippen LogP contribution in [0.2, 0.25) is 0 Å². The third-order valence-corrected chi connectivity index (χ3v) is 8.47. The third-order valence-electron chi connectivity index (χ3n) is 6.63. The van der Waals surface area contributed by atoms with Crippen LogP contribution in [0.15, 0.2) is 4.99 Å². The van der Waals surface area contributed by atoms with E-state index in [1.807, 2.05) is 0 Å². The highest BCUT2D eigenvalue weighted by atomic mass is 127. The van der Waals surface area contributed by atoms with Crippen LogP contribution in [0.4, 0.5) is 0 Å². The Labute approximate surface area is 185 Å². The molecule has 1 N–H and O–H groups in total. The molecule has 4 rings (SSSR count). The molecule has 0 aromatic carbocycles. The van der Waals surface area contributed by atoms with Gasteiger partial charge in [0.15, 0.2) is 15.8 Å². The lowest BCUT2D eigenvalue weighted by atomic mass is 9.80. The molecule has 28 heavy (non-hydrogen) atoms. The zero-order chi connectivity index (χ0) is 18.7. The molecule has 1 spiro atoms. The number of rotatable bonds is 4. The summed E-state index contributed by atoms with van der Waals surface area (Å²) in [6.45, 7) is 6.00. The maximum Gasteiger partial charge on any atom is 0.194 e. The van der Waals surface area contributed by atoms with E-state index in [4.69, 9.17) is 14.5 Å². The van der Waals surface area contributed by atoms with Gasteiger partial charge in [-0.25, -0.2) is 8.42 Å². The number of sulfone groups is 1. The van der Waals surface area contributed by atoms with Gasteiger partial charge < -0.3 is 19.7 Å². The van der Waals surface area contributed by atoms with Crippen LogP contribution in [0.25, 0.3) is 0 Å². The molecule has 4 aliphatic heterocycles. The Morgan fingerprint density at radius 2 is 2.00 bits per heavy atom. The predicted molar refractivity (Wildman–Crippen MR) is 120 cm³/mol. The predicted octanol–water partition coefficient (Wildman–Crippen LogP) is 1.67. The van der Waals surface area contributed by atoms with Gasteiger partial charge in [-0.15, -0.1) is 24.0 Å². The molecule has 4 aliphatic rings. The molecule has 7 nitrogen and oxygen atoms in total. The standard InChI is InChI=1S/C19H33N3O4S.HI/c23-27(24)11-3-16(14-27)12-20-18(21-13-17-2-1-8-26-17)22-7-4-19(15-22)5-9-25-10-6-19;/h16-17H,1-15H2,(H,20,21);1H. The van der Waals surface area contributed by atoms with Crippen LogP contribution in [-0.2, 0) is 19.3 Å². The fourth-order valence-electron chi connectivity index (χ4n) is 4.84. The lowest BCUT2D eigenvalue weighted by Gasteiger charge is -2.33. The van der Waals surface area contributed by atoms with E-state index in [-0.39, 0.29) is 41.8 Å². The SMILES string of the molecule is I.O=S1(=O)CCC(CN=C(NCC2CCCO2)N2CCC3(CCOCC3)C2)C1. The van der Waals surface area contributed by atoms with E-state index in [0.29, 0.717) is 17.7 Å². The number of guanidine groups is 1. The Morgan fingerprint density at radius 3 is 2.68 bits per heavy atom. The quantitative estimate of drug-likeness (QED) is 0.341. The molecular formula is C19H34IN3O4S. The fourth-order valence-corrected chi connectivity index (χ4v) is 6.69. The van der Waals surface area contributed by atoms with Crippen molar-refractivity contribution in [3.63, 3.8) is 0 Å². The first kappa shape index (κ1) is 22.6. The van der Waals surface area contributed by atoms with Crippen molar-refractivity contribution >= 4 is 39.8 Å². The summed E-state index contributed by atoms with van der Waals surface area (Å²) in [4.78, 5) is 7.25. The smallest absolute Gasteiger partial charge is 0.194 e. The minimum absolute atomic E-state index is 0. The monoisotopic (exact) mass is 527 g/mol. The first-order valence-corrected chi connectivity index (χ1v) is 12.3. The second-order valence-corrected chi connectivity index (χ2v) is 11.0. The van der Waals surface area contributed by atoms with E-state index in [1.165, 1.54) is 6.42 Å². The van der Waals surface area contributed by atoms with Crippen molar-refractivity contribution in [1.29, 1.82) is 0 Å². The average molecular weight is 527 g/mol. The molecule has 9 heteroatoms. The van der Waals surface area contributed by atoms with Crippen molar-refractivity contribution in [2.24, 2.45) is 16.3 Å². The summed E-state index contributed by atoms with van der Waals surface area (Å²) in [5, 5.41) is 3.54. The van der Waals surface area contributed by atoms with E-state index in [2.05, 4.69) is 10.2 Å². The van der Waals surface area contributed by atoms with Crippen LogP contribution in [-0.4, -0.2) is 82.9 Å². The second-order valence-electron chi connectivity index (χ2n) is 8.73. The minimum atomic E-state index is -2.85. The molecule has 4 heterocycles. The van der Waals surface area contributed by atoms with Gasteiger partial charge in [-0.3, -0.25) is 4.99 Å². The van der Waals surface area contributed by atoms with E-state index >= 15 is 0 Å². The zero-order valence-corrected chi connectivity index (χ0v) is 19.8. The van der Waals surface area contributed by atoms with Crippen molar-refractivity contribution < 1.29 is 17.9 Å². The Kier molecular flexibility index (Phi) is 7.88. The summed E-state index contributed by atoms with van der Waals surface area (Å²) in [5.41, 5.74) is 0.362. The summed E-state index contributed by atoms with van der Waals surface area (Å²) in [5.74, 6) is 1.71. The van der Waals surface area contributed by atoms with Gasteiger partial charge in [0.05, 0.1) is 17.6 Å². The Balaban J connectivity index is 0.00000225. The summed E-state index contributed by atoms with van der Waals surface area (Å²) in [6, 6.07) is 0. The largest absolute Gasteiger partial charge is 0.381 e. The highest BCUT2D eigenvalue weighted by molar-refractivity contribution is 14.0. The van der Waals surface area contributed by atoms with Crippen molar-refractivity contribution in [2.75, 3.05) is 57.5 Å². The molecular weight excluding hydrogens is 493 g/mol. The van der Waals surface area contributed by atoms with Crippen LogP contribution in [0.3, 0.4) is 0 Å². The molecule has 0 aromatic rings. The number of halogens is 1. The molecule has 2 unspecified atom stereocenters. The number of nitrogens with zero attached hydrogens (tertiary/aromatic N) is 2. The van der Waals surface area contributed by atoms with E-state index in [1.54, 1.807) is 0 Å². The molecule has 0 bridgehead atoms. The summed E-state index contributed by atoms with van der Waals surface area (Å²) < 4.78 is 34.8. The minimum Gasteiger partial charge on any atom is -0.381 e. The Hall–Kier alpha value is -0.130. The van der Waals surface area contributed by atoms with Gasteiger partial charge in [0, 0.05) is 46.0 Å². The number of ether oxygens (including phenoxy) is 2. The van der Waals surface area contributed by atoms with Crippen molar-refractivity contribution in [3.8, 4) is 0 Å². The van der Waals surface area contributed by atoms with Gasteiger partial charge >= 0.3 is 0 Å². The van der Waals surface area contributed by atoms with Crippen LogP contribution >= 0.6 is 24.0 Å². The van der Waals surface area contributed by atoms with Gasteiger partial charge in [-0.2, -0.15) is 0 Å². The van der Waals surface area contributed by atoms with Crippen LogP contribution in [0, 0.1) is 11.3 Å². The Bertz CT molecular complexity index is 646. The van der Waals surface area contributed by atoms with Crippen molar-refractivity contribution in [1.82, 2.24) is 10.2 Å². The van der Waals surface area contributed by atoms with E-state index in [0.717, 1.165) is 77.5 Å². The highest BCUT2D eigenvalue weighted by Gasteiger charge is 2.40. The molecule has 4 fully saturated rings. The van der Waals surface area contributed by atoms with Crippen LogP contribution in [0.5, 0.6) is 0 Å². The number of aliphatic imine (C=N–C) groups is 1. The second kappa shape index (κ2) is 9.78. The van der Waals surface area contributed by atoms with Crippen molar-refractivity contribution in [3.05, 3.63) is 0 Å². The van der Waals surface area contributed by atoms with Crippen LogP contribution < -0.4 is 5.32 Å². The number of hydrogen-bond acceptors (Lipinski definition) is 5. The molecule has 0 aliphatic carbocycles. The fraction of sp³-hybridized carbons (Fsp3) is 0.947. The molecule has 0 radical (unpaired) electrons. The van der Waals surface area contributed by atoms with Gasteiger partial charge in [0.1, 0.15) is 0 Å².